The molecular formula is C26H29ClN2O4S. The Kier molecular flexibility index (Phi) is 8.85. The highest BCUT2D eigenvalue weighted by Crippen LogP contribution is 2.39. The van der Waals surface area contributed by atoms with Gasteiger partial charge in [0.2, 0.25) is 5.75 Å². The largest absolute Gasteiger partial charge is 0.495 e. The van der Waals surface area contributed by atoms with Gasteiger partial charge in [-0.15, -0.1) is 0 Å². The van der Waals surface area contributed by atoms with E-state index in [1.165, 1.54) is 0 Å². The van der Waals surface area contributed by atoms with Crippen molar-refractivity contribution in [3.63, 3.8) is 0 Å². The van der Waals surface area contributed by atoms with Crippen LogP contribution in [0.2, 0.25) is 5.02 Å². The van der Waals surface area contributed by atoms with Gasteiger partial charge in [0.05, 0.1) is 40.2 Å². The molecule has 1 unspecified atom stereocenters. The molecule has 0 aliphatic rings. The number of nitrogens with one attached hydrogen (secondary N) is 1. The van der Waals surface area contributed by atoms with E-state index in [9.17, 15) is 0 Å². The standard InChI is InChI=1S/C26H29ClN2O4S/c1-17(19-9-7-6-8-10-19)29(26(34)28-21-12-11-20(27)15-22(21)30-2)16-18-13-23(31-3)25(33-5)24(14-18)32-4/h6-15,17H,16H2,1-5H3,(H,28,34). The van der Waals surface area contributed by atoms with Crippen molar-refractivity contribution in [2.75, 3.05) is 33.8 Å². The maximum Gasteiger partial charge on any atom is 0.203 e. The van der Waals surface area contributed by atoms with E-state index in [-0.39, 0.29) is 6.04 Å². The number of anilines is 1. The second-order valence-electron chi connectivity index (χ2n) is 7.52. The fourth-order valence-electron chi connectivity index (χ4n) is 3.67. The van der Waals surface area contributed by atoms with Crippen LogP contribution in [0.1, 0.15) is 24.1 Å². The second-order valence-corrected chi connectivity index (χ2v) is 8.35. The van der Waals surface area contributed by atoms with E-state index in [0.29, 0.717) is 39.7 Å². The average molecular weight is 501 g/mol. The molecule has 34 heavy (non-hydrogen) atoms. The maximum absolute atomic E-state index is 6.13. The lowest BCUT2D eigenvalue weighted by atomic mass is 10.1. The van der Waals surface area contributed by atoms with Crippen molar-refractivity contribution < 1.29 is 18.9 Å². The molecule has 1 N–H and O–H groups in total. The lowest BCUT2D eigenvalue weighted by Gasteiger charge is -2.33. The Balaban J connectivity index is 1.99. The van der Waals surface area contributed by atoms with Crippen LogP contribution in [-0.2, 0) is 6.54 Å². The number of hydrogen-bond acceptors (Lipinski definition) is 5. The molecule has 0 aromatic heterocycles. The number of rotatable bonds is 9. The SMILES string of the molecule is COc1cc(Cl)ccc1NC(=S)N(Cc1cc(OC)c(OC)c(OC)c1)C(C)c1ccccc1. The molecule has 6 nitrogen and oxygen atoms in total. The Labute approximate surface area is 211 Å². The molecule has 0 aliphatic carbocycles. The minimum Gasteiger partial charge on any atom is -0.495 e. The van der Waals surface area contributed by atoms with Gasteiger partial charge in [0.25, 0.3) is 0 Å². The van der Waals surface area contributed by atoms with Gasteiger partial charge in [-0.3, -0.25) is 0 Å². The van der Waals surface area contributed by atoms with Crippen molar-refractivity contribution in [2.45, 2.75) is 19.5 Å². The Morgan fingerprint density at radius 3 is 2.06 bits per heavy atom. The van der Waals surface area contributed by atoms with Crippen LogP contribution in [0.4, 0.5) is 5.69 Å². The molecule has 0 amide bonds. The van der Waals surface area contributed by atoms with E-state index in [2.05, 4.69) is 29.3 Å². The first-order chi connectivity index (χ1) is 16.4. The van der Waals surface area contributed by atoms with E-state index in [4.69, 9.17) is 42.8 Å². The molecule has 0 saturated carbocycles. The van der Waals surface area contributed by atoms with Gasteiger partial charge in [-0.2, -0.15) is 0 Å². The van der Waals surface area contributed by atoms with Crippen molar-refractivity contribution >= 4 is 34.6 Å². The molecule has 0 saturated heterocycles. The van der Waals surface area contributed by atoms with Crippen LogP contribution in [-0.4, -0.2) is 38.5 Å². The zero-order valence-electron chi connectivity index (χ0n) is 19.9. The van der Waals surface area contributed by atoms with Crippen LogP contribution < -0.4 is 24.3 Å². The maximum atomic E-state index is 6.13. The summed E-state index contributed by atoms with van der Waals surface area (Å²) in [5.41, 5.74) is 2.80. The fraction of sp³-hybridized carbons (Fsp3) is 0.269. The predicted molar refractivity (Wildman–Crippen MR) is 141 cm³/mol. The Morgan fingerprint density at radius 1 is 0.882 bits per heavy atom. The molecule has 3 aromatic carbocycles. The summed E-state index contributed by atoms with van der Waals surface area (Å²) in [6, 6.07) is 19.4. The molecule has 0 radical (unpaired) electrons. The highest BCUT2D eigenvalue weighted by Gasteiger charge is 2.22. The van der Waals surface area contributed by atoms with Gasteiger partial charge in [-0.25, -0.2) is 0 Å². The smallest absolute Gasteiger partial charge is 0.203 e. The summed E-state index contributed by atoms with van der Waals surface area (Å²) in [6.07, 6.45) is 0. The van der Waals surface area contributed by atoms with Gasteiger partial charge in [0.1, 0.15) is 5.75 Å². The third-order valence-corrected chi connectivity index (χ3v) is 6.06. The molecule has 0 spiro atoms. The number of benzene rings is 3. The van der Waals surface area contributed by atoms with Gasteiger partial charge >= 0.3 is 0 Å². The van der Waals surface area contributed by atoms with Gasteiger partial charge in [-0.05, 0) is 54.5 Å². The van der Waals surface area contributed by atoms with E-state index < -0.39 is 0 Å². The van der Waals surface area contributed by atoms with Gasteiger partial charge in [0, 0.05) is 17.6 Å². The van der Waals surface area contributed by atoms with Crippen LogP contribution in [0.15, 0.2) is 60.7 Å². The predicted octanol–water partition coefficient (Wildman–Crippen LogP) is 6.33. The summed E-state index contributed by atoms with van der Waals surface area (Å²) in [5.74, 6) is 2.32. The number of halogens is 1. The normalized spacial score (nSPS) is 11.4. The third-order valence-electron chi connectivity index (χ3n) is 5.49. The lowest BCUT2D eigenvalue weighted by Crippen LogP contribution is -2.36. The first kappa shape index (κ1) is 25.5. The monoisotopic (exact) mass is 500 g/mol. The molecule has 8 heteroatoms. The Bertz CT molecular complexity index is 1100. The molecular weight excluding hydrogens is 472 g/mol. The molecule has 0 heterocycles. The number of nitrogens with zero attached hydrogens (tertiary/aromatic N) is 1. The molecule has 1 atom stereocenters. The minimum atomic E-state index is -0.0291. The van der Waals surface area contributed by atoms with E-state index in [1.807, 2.05) is 36.4 Å². The Hall–Kier alpha value is -3.16. The van der Waals surface area contributed by atoms with Crippen LogP contribution >= 0.6 is 23.8 Å². The molecule has 0 bridgehead atoms. The number of ether oxygens (including phenoxy) is 4. The van der Waals surface area contributed by atoms with Crippen molar-refractivity contribution in [3.05, 3.63) is 76.8 Å². The van der Waals surface area contributed by atoms with Gasteiger partial charge in [0.15, 0.2) is 16.6 Å². The van der Waals surface area contributed by atoms with Crippen LogP contribution in [0.3, 0.4) is 0 Å². The second kappa shape index (κ2) is 11.8. The Morgan fingerprint density at radius 2 is 1.50 bits per heavy atom. The molecule has 0 fully saturated rings. The summed E-state index contributed by atoms with van der Waals surface area (Å²) in [6.45, 7) is 2.61. The van der Waals surface area contributed by atoms with Crippen molar-refractivity contribution in [1.82, 2.24) is 4.90 Å². The number of hydrogen-bond donors (Lipinski definition) is 1. The molecule has 3 rings (SSSR count). The highest BCUT2D eigenvalue weighted by atomic mass is 35.5. The minimum absolute atomic E-state index is 0.0291. The highest BCUT2D eigenvalue weighted by molar-refractivity contribution is 7.80. The number of methoxy groups -OCH3 is 4. The first-order valence-corrected chi connectivity index (χ1v) is 11.4. The van der Waals surface area contributed by atoms with Crippen molar-refractivity contribution in [2.24, 2.45) is 0 Å². The zero-order chi connectivity index (χ0) is 24.7. The van der Waals surface area contributed by atoms with Crippen LogP contribution in [0.5, 0.6) is 23.0 Å². The van der Waals surface area contributed by atoms with Gasteiger partial charge < -0.3 is 29.2 Å². The summed E-state index contributed by atoms with van der Waals surface area (Å²) < 4.78 is 22.0. The fourth-order valence-corrected chi connectivity index (χ4v) is 4.17. The van der Waals surface area contributed by atoms with E-state index in [1.54, 1.807) is 40.6 Å². The summed E-state index contributed by atoms with van der Waals surface area (Å²) in [4.78, 5) is 2.10. The first-order valence-electron chi connectivity index (χ1n) is 10.7. The van der Waals surface area contributed by atoms with Crippen LogP contribution in [0.25, 0.3) is 0 Å². The molecule has 0 aliphatic heterocycles. The lowest BCUT2D eigenvalue weighted by molar-refractivity contribution is 0.316. The van der Waals surface area contributed by atoms with Gasteiger partial charge in [-0.1, -0.05) is 41.9 Å². The summed E-state index contributed by atoms with van der Waals surface area (Å²) >= 11 is 12.0. The average Bonchev–Trinajstić information content (AvgIpc) is 2.87. The molecule has 180 valence electrons. The van der Waals surface area contributed by atoms with E-state index in [0.717, 1.165) is 16.8 Å². The van der Waals surface area contributed by atoms with Crippen molar-refractivity contribution in [3.8, 4) is 23.0 Å². The van der Waals surface area contributed by atoms with Crippen molar-refractivity contribution in [1.29, 1.82) is 0 Å². The quantitative estimate of drug-likeness (QED) is 0.344. The molecule has 3 aromatic rings. The van der Waals surface area contributed by atoms with Crippen LogP contribution in [0, 0.1) is 0 Å². The summed E-state index contributed by atoms with van der Waals surface area (Å²) in [5, 5.41) is 4.44. The number of thiocarbonyl (C=S) groups is 1. The summed E-state index contributed by atoms with van der Waals surface area (Å²) in [7, 11) is 6.39. The van der Waals surface area contributed by atoms with E-state index >= 15 is 0 Å². The third kappa shape index (κ3) is 5.85. The zero-order valence-corrected chi connectivity index (χ0v) is 21.5. The topological polar surface area (TPSA) is 52.2 Å².